The van der Waals surface area contributed by atoms with Crippen molar-refractivity contribution in [3.63, 3.8) is 0 Å². The number of carbonyl (C=O) groups is 2. The van der Waals surface area contributed by atoms with Crippen molar-refractivity contribution >= 4 is 45.9 Å². The number of amides is 1. The lowest BCUT2D eigenvalue weighted by atomic mass is 10.1. The average molecular weight is 428 g/mol. The number of hydrogen-bond acceptors (Lipinski definition) is 4. The summed E-state index contributed by atoms with van der Waals surface area (Å²) in [5, 5.41) is 3.69. The summed E-state index contributed by atoms with van der Waals surface area (Å²) in [7, 11) is -1.13. The van der Waals surface area contributed by atoms with Crippen molar-refractivity contribution in [2.45, 2.75) is 30.9 Å². The highest BCUT2D eigenvalue weighted by Gasteiger charge is 2.21. The maximum absolute atomic E-state index is 12.3. The molecule has 3 atom stereocenters. The molecule has 2 aromatic rings. The molecule has 3 unspecified atom stereocenters. The van der Waals surface area contributed by atoms with E-state index in [9.17, 15) is 13.8 Å². The number of esters is 1. The minimum Gasteiger partial charge on any atom is -0.449 e. The highest BCUT2D eigenvalue weighted by Crippen LogP contribution is 2.26. The zero-order chi connectivity index (χ0) is 20.1. The van der Waals surface area contributed by atoms with Crippen molar-refractivity contribution in [1.82, 2.24) is 5.32 Å². The molecule has 144 valence electrons. The minimum atomic E-state index is -1.13. The van der Waals surface area contributed by atoms with Crippen LogP contribution in [0.15, 0.2) is 47.4 Å². The van der Waals surface area contributed by atoms with Gasteiger partial charge in [-0.3, -0.25) is 9.00 Å². The summed E-state index contributed by atoms with van der Waals surface area (Å²) in [6.07, 6.45) is 0.555. The Morgan fingerprint density at radius 1 is 1.07 bits per heavy atom. The van der Waals surface area contributed by atoms with Gasteiger partial charge < -0.3 is 10.1 Å². The van der Waals surface area contributed by atoms with Crippen LogP contribution < -0.4 is 5.32 Å². The second-order valence-electron chi connectivity index (χ2n) is 5.92. The largest absolute Gasteiger partial charge is 0.449 e. The van der Waals surface area contributed by atoms with E-state index in [4.69, 9.17) is 27.9 Å². The number of halogens is 2. The van der Waals surface area contributed by atoms with Crippen LogP contribution in [0.4, 0.5) is 0 Å². The first kappa shape index (κ1) is 21.4. The molecule has 0 aliphatic rings. The minimum absolute atomic E-state index is 0.276. The van der Waals surface area contributed by atoms with Gasteiger partial charge in [-0.25, -0.2) is 4.79 Å². The predicted molar refractivity (Wildman–Crippen MR) is 107 cm³/mol. The zero-order valence-electron chi connectivity index (χ0n) is 15.0. The normalized spacial score (nSPS) is 14.1. The van der Waals surface area contributed by atoms with Gasteiger partial charge in [0, 0.05) is 32.0 Å². The van der Waals surface area contributed by atoms with Gasteiger partial charge in [-0.15, -0.1) is 0 Å². The van der Waals surface area contributed by atoms with Crippen LogP contribution >= 0.6 is 23.2 Å². The Morgan fingerprint density at radius 2 is 1.70 bits per heavy atom. The molecule has 2 rings (SSSR count). The van der Waals surface area contributed by atoms with E-state index in [2.05, 4.69) is 5.32 Å². The van der Waals surface area contributed by atoms with Gasteiger partial charge in [0.1, 0.15) is 0 Å². The first-order chi connectivity index (χ1) is 12.7. The molecule has 0 saturated heterocycles. The van der Waals surface area contributed by atoms with Crippen LogP contribution in [0.5, 0.6) is 0 Å². The molecule has 0 fully saturated rings. The molecule has 0 radical (unpaired) electrons. The average Bonchev–Trinajstić information content (AvgIpc) is 2.61. The van der Waals surface area contributed by atoms with Crippen molar-refractivity contribution in [2.24, 2.45) is 0 Å². The van der Waals surface area contributed by atoms with Crippen LogP contribution in [-0.4, -0.2) is 28.4 Å². The first-order valence-corrected chi connectivity index (χ1v) is 10.4. The summed E-state index contributed by atoms with van der Waals surface area (Å²) in [6, 6.07) is 10.8. The number of hydrogen-bond donors (Lipinski definition) is 1. The van der Waals surface area contributed by atoms with E-state index >= 15 is 0 Å². The van der Waals surface area contributed by atoms with E-state index in [1.165, 1.54) is 19.1 Å². The molecule has 0 aliphatic carbocycles. The number of carbonyl (C=O) groups excluding carboxylic acids is 2. The molecule has 0 heterocycles. The maximum Gasteiger partial charge on any atom is 0.338 e. The molecule has 27 heavy (non-hydrogen) atoms. The van der Waals surface area contributed by atoms with Gasteiger partial charge >= 0.3 is 5.97 Å². The summed E-state index contributed by atoms with van der Waals surface area (Å²) in [5.41, 5.74) is 0.980. The van der Waals surface area contributed by atoms with Gasteiger partial charge in [0.25, 0.3) is 5.91 Å². The van der Waals surface area contributed by atoms with Crippen LogP contribution in [0, 0.1) is 0 Å². The monoisotopic (exact) mass is 427 g/mol. The molecular formula is C19H19Cl2NO4S. The van der Waals surface area contributed by atoms with E-state index in [1.54, 1.807) is 43.5 Å². The van der Waals surface area contributed by atoms with E-state index in [-0.39, 0.29) is 11.6 Å². The Kier molecular flexibility index (Phi) is 7.41. The van der Waals surface area contributed by atoms with Gasteiger partial charge in [-0.05, 0) is 55.8 Å². The van der Waals surface area contributed by atoms with Gasteiger partial charge in [0.15, 0.2) is 6.10 Å². The maximum atomic E-state index is 12.3. The topological polar surface area (TPSA) is 72.5 Å². The lowest BCUT2D eigenvalue weighted by Gasteiger charge is -2.19. The summed E-state index contributed by atoms with van der Waals surface area (Å²) in [4.78, 5) is 25.1. The number of benzene rings is 2. The molecule has 0 aliphatic heterocycles. The fraction of sp³-hybridized carbons (Fsp3) is 0.263. The van der Waals surface area contributed by atoms with Crippen molar-refractivity contribution < 1.29 is 18.5 Å². The molecule has 1 N–H and O–H groups in total. The van der Waals surface area contributed by atoms with Crippen molar-refractivity contribution in [1.29, 1.82) is 0 Å². The zero-order valence-corrected chi connectivity index (χ0v) is 17.3. The quantitative estimate of drug-likeness (QED) is 0.702. The van der Waals surface area contributed by atoms with Crippen LogP contribution in [0.25, 0.3) is 0 Å². The highest BCUT2D eigenvalue weighted by atomic mass is 35.5. The number of rotatable bonds is 6. The summed E-state index contributed by atoms with van der Waals surface area (Å²) < 4.78 is 16.6. The standard InChI is InChI=1S/C19H19Cl2NO4S/c1-11(16-9-6-14(20)10-17(16)21)22-18(23)12(2)26-19(24)13-4-7-15(8-5-13)27(3)25/h4-12H,1-3H3,(H,22,23). The summed E-state index contributed by atoms with van der Waals surface area (Å²) >= 11 is 12.0. The van der Waals surface area contributed by atoms with E-state index in [0.717, 1.165) is 0 Å². The van der Waals surface area contributed by atoms with E-state index in [1.807, 2.05) is 0 Å². The second-order valence-corrected chi connectivity index (χ2v) is 8.15. The molecule has 0 saturated carbocycles. The Bertz CT molecular complexity index is 871. The Labute approximate surface area is 170 Å². The van der Waals surface area contributed by atoms with Gasteiger partial charge in [0.2, 0.25) is 0 Å². The van der Waals surface area contributed by atoms with Crippen LogP contribution in [0.1, 0.15) is 35.8 Å². The van der Waals surface area contributed by atoms with Gasteiger partial charge in [0.05, 0.1) is 11.6 Å². The summed E-state index contributed by atoms with van der Waals surface area (Å²) in [6.45, 7) is 3.25. The van der Waals surface area contributed by atoms with Crippen LogP contribution in [0.3, 0.4) is 0 Å². The molecule has 5 nitrogen and oxygen atoms in total. The predicted octanol–water partition coefficient (Wildman–Crippen LogP) is 4.15. The third kappa shape index (κ3) is 5.79. The summed E-state index contributed by atoms with van der Waals surface area (Å²) in [5.74, 6) is -1.09. The molecule has 0 bridgehead atoms. The second kappa shape index (κ2) is 9.35. The fourth-order valence-electron chi connectivity index (χ4n) is 2.33. The van der Waals surface area contributed by atoms with Crippen LogP contribution in [0.2, 0.25) is 10.0 Å². The SMILES string of the molecule is CC(OC(=O)c1ccc(S(C)=O)cc1)C(=O)NC(C)c1ccc(Cl)cc1Cl. The third-order valence-electron chi connectivity index (χ3n) is 3.86. The molecular weight excluding hydrogens is 409 g/mol. The number of ether oxygens (including phenoxy) is 1. The Balaban J connectivity index is 1.98. The lowest BCUT2D eigenvalue weighted by molar-refractivity contribution is -0.129. The molecule has 1 amide bonds. The Hall–Kier alpha value is -1.89. The van der Waals surface area contributed by atoms with Gasteiger partial charge in [-0.2, -0.15) is 0 Å². The number of nitrogens with one attached hydrogen (secondary N) is 1. The molecule has 0 spiro atoms. The smallest absolute Gasteiger partial charge is 0.338 e. The molecule has 2 aromatic carbocycles. The van der Waals surface area contributed by atoms with Crippen molar-refractivity contribution in [3.8, 4) is 0 Å². The highest BCUT2D eigenvalue weighted by molar-refractivity contribution is 7.84. The molecule has 8 heteroatoms. The molecule has 0 aromatic heterocycles. The van der Waals surface area contributed by atoms with Crippen LogP contribution in [-0.2, 0) is 20.3 Å². The van der Waals surface area contributed by atoms with E-state index < -0.39 is 28.8 Å². The van der Waals surface area contributed by atoms with Gasteiger partial charge in [-0.1, -0.05) is 29.3 Å². The first-order valence-electron chi connectivity index (χ1n) is 8.09. The third-order valence-corrected chi connectivity index (χ3v) is 5.36. The van der Waals surface area contributed by atoms with E-state index in [0.29, 0.717) is 20.5 Å². The van der Waals surface area contributed by atoms with Crippen molar-refractivity contribution in [3.05, 3.63) is 63.6 Å². The fourth-order valence-corrected chi connectivity index (χ4v) is 3.42. The lowest BCUT2D eigenvalue weighted by Crippen LogP contribution is -2.37. The van der Waals surface area contributed by atoms with Crippen molar-refractivity contribution in [2.75, 3.05) is 6.26 Å². The Morgan fingerprint density at radius 3 is 2.26 bits per heavy atom.